The third kappa shape index (κ3) is 4.92. The molecule has 0 radical (unpaired) electrons. The molecule has 0 bridgehead atoms. The SMILES string of the molecule is CSCCCNCc1ccc(Cl)cc1C. The second kappa shape index (κ2) is 7.15. The fourth-order valence-electron chi connectivity index (χ4n) is 1.42. The first-order valence-corrected chi connectivity index (χ1v) is 6.96. The summed E-state index contributed by atoms with van der Waals surface area (Å²) in [6.45, 7) is 4.13. The predicted molar refractivity (Wildman–Crippen MR) is 70.9 cm³/mol. The molecule has 15 heavy (non-hydrogen) atoms. The lowest BCUT2D eigenvalue weighted by atomic mass is 10.1. The standard InChI is InChI=1S/C12H18ClNS/c1-10-8-12(13)5-4-11(10)9-14-6-3-7-15-2/h4-5,8,14H,3,6-7,9H2,1-2H3. The largest absolute Gasteiger partial charge is 0.313 e. The maximum Gasteiger partial charge on any atom is 0.0408 e. The molecule has 1 rings (SSSR count). The number of hydrogen-bond donors (Lipinski definition) is 1. The van der Waals surface area contributed by atoms with Crippen molar-refractivity contribution >= 4 is 23.4 Å². The van der Waals surface area contributed by atoms with Crippen LogP contribution in [-0.4, -0.2) is 18.6 Å². The molecular weight excluding hydrogens is 226 g/mol. The Morgan fingerprint density at radius 2 is 2.20 bits per heavy atom. The van der Waals surface area contributed by atoms with E-state index in [4.69, 9.17) is 11.6 Å². The predicted octanol–water partition coefficient (Wildman–Crippen LogP) is 3.49. The third-order valence-electron chi connectivity index (χ3n) is 2.32. The second-order valence-electron chi connectivity index (χ2n) is 3.59. The number of nitrogens with one attached hydrogen (secondary N) is 1. The summed E-state index contributed by atoms with van der Waals surface area (Å²) in [7, 11) is 0. The molecule has 0 aliphatic carbocycles. The molecule has 84 valence electrons. The summed E-state index contributed by atoms with van der Waals surface area (Å²) in [5.41, 5.74) is 2.60. The van der Waals surface area contributed by atoms with Crippen molar-refractivity contribution in [3.8, 4) is 0 Å². The maximum atomic E-state index is 5.90. The van der Waals surface area contributed by atoms with Gasteiger partial charge >= 0.3 is 0 Å². The quantitative estimate of drug-likeness (QED) is 0.768. The summed E-state index contributed by atoms with van der Waals surface area (Å²) in [6.07, 6.45) is 3.37. The molecule has 0 atom stereocenters. The Balaban J connectivity index is 2.31. The summed E-state index contributed by atoms with van der Waals surface area (Å²) < 4.78 is 0. The van der Waals surface area contributed by atoms with Gasteiger partial charge in [0.25, 0.3) is 0 Å². The zero-order chi connectivity index (χ0) is 11.1. The molecule has 0 fully saturated rings. The van der Waals surface area contributed by atoms with Crippen LogP contribution in [0.4, 0.5) is 0 Å². The van der Waals surface area contributed by atoms with Gasteiger partial charge in [0.2, 0.25) is 0 Å². The van der Waals surface area contributed by atoms with E-state index in [-0.39, 0.29) is 0 Å². The Kier molecular flexibility index (Phi) is 6.15. The van der Waals surface area contributed by atoms with Crippen molar-refractivity contribution in [1.29, 1.82) is 0 Å². The molecule has 3 heteroatoms. The van der Waals surface area contributed by atoms with Crippen LogP contribution >= 0.6 is 23.4 Å². The molecule has 1 N–H and O–H groups in total. The molecule has 0 aromatic heterocycles. The Hall–Kier alpha value is -0.180. The summed E-state index contributed by atoms with van der Waals surface area (Å²) >= 11 is 7.79. The number of rotatable bonds is 6. The summed E-state index contributed by atoms with van der Waals surface area (Å²) in [5, 5.41) is 4.26. The maximum absolute atomic E-state index is 5.90. The molecule has 1 nitrogen and oxygen atoms in total. The van der Waals surface area contributed by atoms with Crippen LogP contribution in [0.15, 0.2) is 18.2 Å². The van der Waals surface area contributed by atoms with Crippen molar-refractivity contribution in [3.63, 3.8) is 0 Å². The molecule has 0 aliphatic rings. The molecule has 1 aromatic carbocycles. The van der Waals surface area contributed by atoms with Crippen LogP contribution in [-0.2, 0) is 6.54 Å². The smallest absolute Gasteiger partial charge is 0.0408 e. The average molecular weight is 244 g/mol. The van der Waals surface area contributed by atoms with Gasteiger partial charge in [-0.1, -0.05) is 17.7 Å². The first-order valence-electron chi connectivity index (χ1n) is 5.18. The normalized spacial score (nSPS) is 10.6. The molecule has 1 aromatic rings. The lowest BCUT2D eigenvalue weighted by molar-refractivity contribution is 0.677. The van der Waals surface area contributed by atoms with Gasteiger partial charge in [-0.3, -0.25) is 0 Å². The van der Waals surface area contributed by atoms with Crippen LogP contribution in [0.5, 0.6) is 0 Å². The number of halogens is 1. The summed E-state index contributed by atoms with van der Waals surface area (Å²) in [6, 6.07) is 6.06. The fraction of sp³-hybridized carbons (Fsp3) is 0.500. The van der Waals surface area contributed by atoms with Gasteiger partial charge < -0.3 is 5.32 Å². The number of hydrogen-bond acceptors (Lipinski definition) is 2. The van der Waals surface area contributed by atoms with E-state index in [0.717, 1.165) is 18.1 Å². The van der Waals surface area contributed by atoms with Crippen LogP contribution in [0, 0.1) is 6.92 Å². The van der Waals surface area contributed by atoms with E-state index < -0.39 is 0 Å². The van der Waals surface area contributed by atoms with Crippen LogP contribution in [0.25, 0.3) is 0 Å². The minimum absolute atomic E-state index is 0.818. The number of thioether (sulfide) groups is 1. The highest BCUT2D eigenvalue weighted by molar-refractivity contribution is 7.98. The van der Waals surface area contributed by atoms with Gasteiger partial charge in [-0.05, 0) is 55.2 Å². The van der Waals surface area contributed by atoms with Gasteiger partial charge in [-0.2, -0.15) is 11.8 Å². The Bertz CT molecular complexity index is 302. The summed E-state index contributed by atoms with van der Waals surface area (Å²) in [5.74, 6) is 1.23. The van der Waals surface area contributed by atoms with Gasteiger partial charge in [0.15, 0.2) is 0 Å². The molecule has 0 saturated carbocycles. The van der Waals surface area contributed by atoms with Crippen molar-refractivity contribution in [2.75, 3.05) is 18.6 Å². The highest BCUT2D eigenvalue weighted by Crippen LogP contribution is 2.14. The van der Waals surface area contributed by atoms with E-state index in [1.54, 1.807) is 0 Å². The first-order chi connectivity index (χ1) is 7.24. The molecule has 0 aliphatic heterocycles. The van der Waals surface area contributed by atoms with E-state index in [9.17, 15) is 0 Å². The van der Waals surface area contributed by atoms with Gasteiger partial charge in [0, 0.05) is 11.6 Å². The van der Waals surface area contributed by atoms with Crippen LogP contribution < -0.4 is 5.32 Å². The van der Waals surface area contributed by atoms with Crippen LogP contribution in [0.1, 0.15) is 17.5 Å². The monoisotopic (exact) mass is 243 g/mol. The van der Waals surface area contributed by atoms with Gasteiger partial charge in [0.1, 0.15) is 0 Å². The van der Waals surface area contributed by atoms with Gasteiger partial charge in [-0.25, -0.2) is 0 Å². The second-order valence-corrected chi connectivity index (χ2v) is 5.02. The van der Waals surface area contributed by atoms with E-state index >= 15 is 0 Å². The molecular formula is C12H18ClNS. The highest BCUT2D eigenvalue weighted by atomic mass is 35.5. The molecule has 0 amide bonds. The van der Waals surface area contributed by atoms with Crippen molar-refractivity contribution in [3.05, 3.63) is 34.3 Å². The van der Waals surface area contributed by atoms with Crippen LogP contribution in [0.3, 0.4) is 0 Å². The van der Waals surface area contributed by atoms with E-state index in [1.165, 1.54) is 23.3 Å². The Morgan fingerprint density at radius 1 is 1.40 bits per heavy atom. The first kappa shape index (κ1) is 12.9. The topological polar surface area (TPSA) is 12.0 Å². The zero-order valence-corrected chi connectivity index (χ0v) is 10.9. The van der Waals surface area contributed by atoms with E-state index in [1.807, 2.05) is 23.9 Å². The van der Waals surface area contributed by atoms with Crippen molar-refractivity contribution in [2.45, 2.75) is 19.9 Å². The molecule has 0 unspecified atom stereocenters. The van der Waals surface area contributed by atoms with Crippen LogP contribution in [0.2, 0.25) is 5.02 Å². The molecule has 0 spiro atoms. The highest BCUT2D eigenvalue weighted by Gasteiger charge is 1.98. The minimum atomic E-state index is 0.818. The van der Waals surface area contributed by atoms with Crippen molar-refractivity contribution in [1.82, 2.24) is 5.32 Å². The number of benzene rings is 1. The van der Waals surface area contributed by atoms with Crippen molar-refractivity contribution in [2.24, 2.45) is 0 Å². The number of aryl methyl sites for hydroxylation is 1. The Labute approximate surface area is 102 Å². The average Bonchev–Trinajstić information content (AvgIpc) is 2.20. The van der Waals surface area contributed by atoms with E-state index in [2.05, 4.69) is 24.6 Å². The lowest BCUT2D eigenvalue weighted by Crippen LogP contribution is -2.15. The summed E-state index contributed by atoms with van der Waals surface area (Å²) in [4.78, 5) is 0. The fourth-order valence-corrected chi connectivity index (χ4v) is 2.08. The van der Waals surface area contributed by atoms with E-state index in [0.29, 0.717) is 0 Å². The third-order valence-corrected chi connectivity index (χ3v) is 3.25. The molecule has 0 saturated heterocycles. The zero-order valence-electron chi connectivity index (χ0n) is 9.35. The lowest BCUT2D eigenvalue weighted by Gasteiger charge is -2.07. The minimum Gasteiger partial charge on any atom is -0.313 e. The van der Waals surface area contributed by atoms with Crippen molar-refractivity contribution < 1.29 is 0 Å². The Morgan fingerprint density at radius 3 is 2.87 bits per heavy atom. The van der Waals surface area contributed by atoms with Gasteiger partial charge in [0.05, 0.1) is 0 Å². The van der Waals surface area contributed by atoms with Gasteiger partial charge in [-0.15, -0.1) is 0 Å². The molecule has 0 heterocycles.